The van der Waals surface area contributed by atoms with E-state index in [4.69, 9.17) is 9.47 Å². The van der Waals surface area contributed by atoms with Crippen LogP contribution in [0.15, 0.2) is 83.9 Å². The summed E-state index contributed by atoms with van der Waals surface area (Å²) >= 11 is 1.16. The number of carbonyl (C=O) groups excluding carboxylic acids is 6. The van der Waals surface area contributed by atoms with Crippen molar-refractivity contribution in [1.29, 1.82) is 0 Å². The van der Waals surface area contributed by atoms with E-state index < -0.39 is 83.9 Å². The molecule has 8 atom stereocenters. The Morgan fingerprint density at radius 3 is 2.56 bits per heavy atom. The van der Waals surface area contributed by atoms with Crippen LogP contribution in [0.25, 0.3) is 0 Å². The number of hydrogen-bond acceptors (Lipinski definition) is 14. The molecule has 1 fully saturated rings. The summed E-state index contributed by atoms with van der Waals surface area (Å²) in [7, 11) is 0. The van der Waals surface area contributed by atoms with Crippen molar-refractivity contribution in [1.82, 2.24) is 26.1 Å². The number of amides is 3. The summed E-state index contributed by atoms with van der Waals surface area (Å²) in [6.45, 7) is 8.24. The Kier molecular flexibility index (Phi) is 18.6. The highest BCUT2D eigenvalue weighted by Gasteiger charge is 2.38. The van der Waals surface area contributed by atoms with Gasteiger partial charge in [0.2, 0.25) is 11.8 Å². The number of rotatable bonds is 10. The fourth-order valence-corrected chi connectivity index (χ4v) is 7.30. The van der Waals surface area contributed by atoms with Gasteiger partial charge < -0.3 is 40.2 Å². The summed E-state index contributed by atoms with van der Waals surface area (Å²) in [5, 5.41) is 41.4. The summed E-state index contributed by atoms with van der Waals surface area (Å²) in [5.41, 5.74) is 4.07. The maximum Gasteiger partial charge on any atom is 0.338 e. The summed E-state index contributed by atoms with van der Waals surface area (Å²) in [6, 6.07) is 2.84. The van der Waals surface area contributed by atoms with Gasteiger partial charge in [-0.1, -0.05) is 80.7 Å². The number of Topliss-reactive ketones (excluding diaryl/α,β-unsaturated/α-hetero) is 1. The van der Waals surface area contributed by atoms with Crippen LogP contribution in [0.3, 0.4) is 0 Å². The Labute approximate surface area is 359 Å². The molecule has 1 unspecified atom stereocenters. The van der Waals surface area contributed by atoms with Gasteiger partial charge in [0.1, 0.15) is 35.8 Å². The van der Waals surface area contributed by atoms with Crippen LogP contribution in [0.5, 0.6) is 10.9 Å². The lowest BCUT2D eigenvalue weighted by molar-refractivity contribution is -0.156. The smallest absolute Gasteiger partial charge is 0.338 e. The van der Waals surface area contributed by atoms with E-state index in [2.05, 4.69) is 21.0 Å². The van der Waals surface area contributed by atoms with Crippen LogP contribution >= 0.6 is 11.3 Å². The van der Waals surface area contributed by atoms with Crippen LogP contribution in [-0.2, 0) is 39.9 Å². The quantitative estimate of drug-likeness (QED) is 0.114. The highest BCUT2D eigenvalue weighted by molar-refractivity contribution is 7.11. The lowest BCUT2D eigenvalue weighted by Crippen LogP contribution is -2.62. The number of hydrogen-bond donors (Lipinski definition) is 6. The first-order chi connectivity index (χ1) is 29.0. The number of nitrogens with zero attached hydrogens (tertiary/aromatic N) is 2. The first-order valence-electron chi connectivity index (χ1n) is 20.4. The molecule has 17 heteroatoms. The van der Waals surface area contributed by atoms with Crippen molar-refractivity contribution < 1.29 is 53.6 Å². The molecule has 2 aliphatic heterocycles. The number of nitrogens with one attached hydrogen (secondary N) is 3. The number of ether oxygens (including phenoxy) is 2. The van der Waals surface area contributed by atoms with Crippen molar-refractivity contribution in [3.8, 4) is 10.9 Å². The number of aromatic hydroxyl groups is 1. The fourth-order valence-electron chi connectivity index (χ4n) is 6.81. The van der Waals surface area contributed by atoms with Gasteiger partial charge in [0.15, 0.2) is 0 Å². The van der Waals surface area contributed by atoms with Gasteiger partial charge in [-0.3, -0.25) is 24.2 Å². The highest BCUT2D eigenvalue weighted by Crippen LogP contribution is 2.24. The number of fused-ring (bicyclic) bond motifs is 2. The number of thiazole rings is 1. The number of carbonyl (C=O) groups is 6. The van der Waals surface area contributed by atoms with E-state index in [0.29, 0.717) is 24.0 Å². The number of aliphatic hydroxyl groups is 2. The molecule has 16 nitrogen and oxygen atoms in total. The second-order valence-corrected chi connectivity index (χ2v) is 16.5. The van der Waals surface area contributed by atoms with Gasteiger partial charge in [-0.15, -0.1) is 0 Å². The molecule has 330 valence electrons. The van der Waals surface area contributed by atoms with Crippen molar-refractivity contribution in [3.63, 3.8) is 0 Å². The van der Waals surface area contributed by atoms with Crippen molar-refractivity contribution >= 4 is 46.8 Å². The molecule has 1 aromatic heterocycles. The molecule has 1 aromatic carbocycles. The largest absolute Gasteiger partial charge is 0.508 e. The number of phenolic OH excluding ortho intramolecular Hbond substituents is 1. The molecule has 0 aliphatic carbocycles. The molecule has 3 heterocycles. The fraction of sp³-hybridized carbons (Fsp3) is 0.477. The Bertz CT molecular complexity index is 1960. The van der Waals surface area contributed by atoms with Crippen LogP contribution < -0.4 is 20.8 Å². The van der Waals surface area contributed by atoms with E-state index in [1.54, 1.807) is 69.5 Å². The van der Waals surface area contributed by atoms with Gasteiger partial charge in [-0.25, -0.2) is 15.2 Å². The summed E-state index contributed by atoms with van der Waals surface area (Å²) in [4.78, 5) is 84.4. The Balaban J connectivity index is 1.70. The maximum atomic E-state index is 14.3. The first kappa shape index (κ1) is 48.2. The number of phenols is 1. The summed E-state index contributed by atoms with van der Waals surface area (Å²) < 4.78 is 11.2. The molecule has 2 bridgehead atoms. The van der Waals surface area contributed by atoms with E-state index in [1.807, 2.05) is 0 Å². The van der Waals surface area contributed by atoms with Crippen LogP contribution in [0.4, 0.5) is 0 Å². The number of ketones is 1. The monoisotopic (exact) mass is 863 g/mol. The van der Waals surface area contributed by atoms with Gasteiger partial charge in [-0.2, -0.15) is 0 Å². The molecule has 0 radical (unpaired) electrons. The number of allylic oxidation sites excluding steroid dienone is 4. The van der Waals surface area contributed by atoms with Crippen LogP contribution in [0, 0.1) is 17.8 Å². The lowest BCUT2D eigenvalue weighted by Gasteiger charge is -2.36. The standard InChI is InChI=1S/C44H57N5O11S/c1-26(2)38-41(56)46-34(25-30-13-10-14-31(51)24-30)42(57)49-22-11-15-33(48-49)43(58)59-36(27(3)12-9-18-37(53)60-44-45-21-23-61-44)17-8-6-7-16-35(52)29(5)39(54)32(40(55)47-38)20-19-28(4)50/h6-10,12-14,16,18,21,23-24,26,29,32-36,38-39,48,51-52,54H,11,15,17,19-20,22,25H2,1-5H3,(H,46,56)(H,47,55)/b8-6+,16-7+,18-9+,27-12+/t29-,32+,33?,34-,35-,36-,38-,39+/m0/s1. The normalized spacial score (nSPS) is 27.6. The van der Waals surface area contributed by atoms with Crippen molar-refractivity contribution in [2.75, 3.05) is 6.54 Å². The number of hydrazine groups is 1. The summed E-state index contributed by atoms with van der Waals surface area (Å²) in [6.07, 6.45) is 9.36. The van der Waals surface area contributed by atoms with Crippen molar-refractivity contribution in [2.45, 2.75) is 110 Å². The van der Waals surface area contributed by atoms with Crippen molar-refractivity contribution in [2.24, 2.45) is 17.8 Å². The average molecular weight is 864 g/mol. The molecule has 4 rings (SSSR count). The third kappa shape index (κ3) is 14.9. The molecule has 2 aliphatic rings. The Hall–Kier alpha value is -5.49. The number of aliphatic hydroxyl groups excluding tert-OH is 2. The second-order valence-electron chi connectivity index (χ2n) is 15.6. The number of cyclic esters (lactones) is 1. The molecular weight excluding hydrogens is 807 g/mol. The third-order valence-corrected chi connectivity index (χ3v) is 11.1. The molecule has 61 heavy (non-hydrogen) atoms. The van der Waals surface area contributed by atoms with Gasteiger partial charge in [-0.05, 0) is 62.3 Å². The highest BCUT2D eigenvalue weighted by atomic mass is 32.1. The minimum atomic E-state index is -1.43. The topological polar surface area (TPSA) is 234 Å². The molecule has 3 amide bonds. The zero-order chi connectivity index (χ0) is 44.6. The van der Waals surface area contributed by atoms with Crippen molar-refractivity contribution in [3.05, 3.63) is 89.5 Å². The van der Waals surface area contributed by atoms with Gasteiger partial charge in [0.25, 0.3) is 11.1 Å². The molecule has 1 saturated heterocycles. The predicted molar refractivity (Wildman–Crippen MR) is 226 cm³/mol. The van der Waals surface area contributed by atoms with Crippen LogP contribution in [0.1, 0.15) is 72.3 Å². The minimum absolute atomic E-state index is 0.0362. The lowest BCUT2D eigenvalue weighted by atomic mass is 9.84. The number of esters is 2. The molecular formula is C44H57N5O11S. The molecule has 6 N–H and O–H groups in total. The van der Waals surface area contributed by atoms with Gasteiger partial charge >= 0.3 is 11.9 Å². The maximum absolute atomic E-state index is 14.3. The Morgan fingerprint density at radius 1 is 1.10 bits per heavy atom. The Morgan fingerprint density at radius 2 is 1.87 bits per heavy atom. The number of aromatic nitrogens is 1. The van der Waals surface area contributed by atoms with Gasteiger partial charge in [0, 0.05) is 49.4 Å². The van der Waals surface area contributed by atoms with E-state index >= 15 is 0 Å². The van der Waals surface area contributed by atoms with Crippen LogP contribution in [-0.4, -0.2) is 104 Å². The van der Waals surface area contributed by atoms with E-state index in [0.717, 1.165) is 11.3 Å². The molecule has 0 spiro atoms. The van der Waals surface area contributed by atoms with E-state index in [-0.39, 0.29) is 49.0 Å². The van der Waals surface area contributed by atoms with E-state index in [1.165, 1.54) is 48.5 Å². The predicted octanol–water partition coefficient (Wildman–Crippen LogP) is 3.39. The molecule has 0 saturated carbocycles. The summed E-state index contributed by atoms with van der Waals surface area (Å²) in [5.74, 6) is -6.13. The SMILES string of the molecule is CC(=O)CC[C@H]1C(=O)N[C@@H](C(C)C)C(=O)N[C@@H](Cc2cccc(O)c2)C(=O)N2CCCC(N2)C(=O)O[C@H](/C(C)=C/C=C/C(=O)Oc2nccs2)C/C=C/C=C/[C@H](O)[C@H](C)[C@H]1O. The van der Waals surface area contributed by atoms with Gasteiger partial charge in [0.05, 0.1) is 18.1 Å². The van der Waals surface area contributed by atoms with E-state index in [9.17, 15) is 44.1 Å². The third-order valence-electron chi connectivity index (χ3n) is 10.4. The molecule has 2 aromatic rings. The van der Waals surface area contributed by atoms with Crippen LogP contribution in [0.2, 0.25) is 0 Å². The zero-order valence-corrected chi connectivity index (χ0v) is 35.9. The minimum Gasteiger partial charge on any atom is -0.508 e. The first-order valence-corrected chi connectivity index (χ1v) is 21.2. The average Bonchev–Trinajstić information content (AvgIpc) is 3.73. The zero-order valence-electron chi connectivity index (χ0n) is 35.1. The number of benzene rings is 1. The second kappa shape index (κ2) is 23.5.